The third kappa shape index (κ3) is 31.2. The van der Waals surface area contributed by atoms with E-state index < -0.39 is 228 Å². The average Bonchev–Trinajstić information content (AvgIpc) is 1.57. The van der Waals surface area contributed by atoms with Gasteiger partial charge in [0.25, 0.3) is 56.1 Å². The Morgan fingerprint density at radius 3 is 1.80 bits per heavy atom. The van der Waals surface area contributed by atoms with Crippen molar-refractivity contribution in [3.05, 3.63) is 110 Å². The van der Waals surface area contributed by atoms with E-state index in [1.54, 1.807) is 36.1 Å². The fourth-order valence-corrected chi connectivity index (χ4v) is 23.2. The molecule has 12 atom stereocenters. The van der Waals surface area contributed by atoms with Gasteiger partial charge in [-0.3, -0.25) is 60.5 Å². The first-order chi connectivity index (χ1) is 52.5. The molecule has 3 aliphatic heterocycles. The van der Waals surface area contributed by atoms with Crippen LogP contribution in [0.25, 0.3) is 0 Å². The van der Waals surface area contributed by atoms with Gasteiger partial charge in [-0.2, -0.15) is 68.2 Å². The lowest BCUT2D eigenvalue weighted by atomic mass is 9.77. The first kappa shape index (κ1) is 98.8. The number of benzene rings is 2. The summed E-state index contributed by atoms with van der Waals surface area (Å²) in [4.78, 5) is 127. The third-order valence-electron chi connectivity index (χ3n) is 17.4. The number of aromatic amines is 1. The van der Waals surface area contributed by atoms with Crippen LogP contribution in [0.15, 0.2) is 87.1 Å². The Morgan fingerprint density at radius 1 is 0.678 bits per heavy atom. The van der Waals surface area contributed by atoms with Gasteiger partial charge in [-0.05, 0) is 96.1 Å². The molecule has 2 aromatic carbocycles. The molecule has 3 aromatic rings. The molecule has 0 radical (unpaired) electrons. The molecule has 0 saturated carbocycles. The number of rotatable bonds is 48. The predicted molar refractivity (Wildman–Crippen MR) is 397 cm³/mol. The van der Waals surface area contributed by atoms with Crippen LogP contribution in [0, 0.1) is 12.8 Å². The largest absolute Gasteiger partial charge is 0.490 e. The number of ketones is 1. The van der Waals surface area contributed by atoms with E-state index in [-0.39, 0.29) is 89.3 Å². The summed E-state index contributed by atoms with van der Waals surface area (Å²) < 4.78 is 285. The SMILES string of the molecule is Cc1cn([C@H]2C[C@@H](O)[C@@H](COP(=O)(O)OP(=O)(O)OP(=O)(O)OP(=O)(O)OP(=O)(O)OP(=O)(O)OCCCCCCOC(=O)C(CC(=O)C(CS(=O)(=O)O)NC(=O)CCCCCC3(C)/C(=C\C=C\C4=[N+](CCCS(=O)(=O)O)c5ccccc5C4(C)C)N(CCCS(=O)(=O)O)c4ccc(S(=O)(=O)O)cc43)CS(=O)(=O)O)O2)c(=O)[nH]c1=O. The number of para-hydroxylation sites is 1. The number of ether oxygens (including phenoxy) is 2. The van der Waals surface area contributed by atoms with Gasteiger partial charge in [-0.15, -0.1) is 0 Å². The number of nitrogens with one attached hydrogen (secondary N) is 2. The molecule has 47 nitrogen and oxygen atoms in total. The topological polar surface area (TPSA) is 723 Å². The number of anilines is 1. The minimum atomic E-state index is -6.66. The standard InChI is InChI=1S/C57H85N5O42P6S5/c1-38-34-62(55(68)59-53(38)66)52-33-47(64)48(99-52)35-98-106(71,72)101-108(75,76)103-110(79,80)104-109(77,78)102-107(73,74)100-105(69,70)97-28-13-6-5-12-27-96-54(67)39(36-113(87,88)89)31-46(63)43(37-114(90,91)92)58-51(65)21-8-7-11-24-57(4)42-32-40(115(93,94)95)22-23-45(42)61(26-16-30-112(84,85)86)50(57)20-14-19-49-56(2,3)41-17-9-10-18-44(41)60(49)25-15-29-111(81,82)83/h9-10,14,17-20,22-23,32,34,39,43,47-48,52,64H,5-8,11-13,15-16,21,24-31,33,35-37H2,1-4H3,(H12-,58,59,65,66,68,69,70,71,72,73,74,75,76,77,78,79,80,81,82,83,84,85,86,87,88,89,90,91,92,93,94,95)/p+1/t39?,43?,47-,48-,52-,57?/m1/s1. The highest BCUT2D eigenvalue weighted by molar-refractivity contribution is 7.86. The molecule has 0 spiro atoms. The molecule has 1 saturated heterocycles. The Hall–Kier alpha value is -4.99. The van der Waals surface area contributed by atoms with Crippen molar-refractivity contribution in [2.24, 2.45) is 5.92 Å². The Balaban J connectivity index is 0.996. The Morgan fingerprint density at radius 2 is 1.23 bits per heavy atom. The van der Waals surface area contributed by atoms with E-state index in [0.717, 1.165) is 28.1 Å². The highest BCUT2D eigenvalue weighted by atomic mass is 32.2. The van der Waals surface area contributed by atoms with E-state index in [4.69, 9.17) is 9.47 Å². The molecule has 58 heteroatoms. The fraction of sp³-hybridized carbons (Fsp3) is 0.579. The summed E-state index contributed by atoms with van der Waals surface area (Å²) in [6.07, 6.45) is -0.490. The number of allylic oxidation sites excluding steroid dienone is 4. The average molecular weight is 1860 g/mol. The van der Waals surface area contributed by atoms with E-state index in [2.05, 4.69) is 35.9 Å². The number of aliphatic hydroxyl groups is 1. The van der Waals surface area contributed by atoms with E-state index in [1.165, 1.54) is 19.1 Å². The first-order valence-corrected chi connectivity index (χ1v) is 50.7. The number of esters is 1. The highest BCUT2D eigenvalue weighted by Crippen LogP contribution is 2.75. The summed E-state index contributed by atoms with van der Waals surface area (Å²) in [6.45, 7) is 4.36. The number of H-pyrrole nitrogens is 1. The number of aryl methyl sites for hydroxylation is 1. The second-order valence-corrected chi connectivity index (χ2v) is 43.9. The van der Waals surface area contributed by atoms with Crippen molar-refractivity contribution in [2.75, 3.05) is 60.8 Å². The van der Waals surface area contributed by atoms with Gasteiger partial charge < -0.3 is 54.2 Å². The molecule has 1 amide bonds. The molecule has 1 aromatic heterocycles. The number of phosphoric ester groups is 2. The second kappa shape index (κ2) is 39.2. The Labute approximate surface area is 657 Å². The van der Waals surface area contributed by atoms with Crippen LogP contribution in [-0.4, -0.2) is 211 Å². The van der Waals surface area contributed by atoms with E-state index >= 15 is 0 Å². The number of carbonyl (C=O) groups excluding carboxylic acids is 3. The van der Waals surface area contributed by atoms with Crippen LogP contribution in [0.1, 0.15) is 127 Å². The molecule has 0 bridgehead atoms. The summed E-state index contributed by atoms with van der Waals surface area (Å²) in [6, 6.07) is 8.96. The minimum absolute atomic E-state index is 0.00303. The number of fused-ring (bicyclic) bond motifs is 2. The molecule has 4 heterocycles. The van der Waals surface area contributed by atoms with Crippen LogP contribution in [0.5, 0.6) is 0 Å². The number of hydrogen-bond acceptors (Lipinski definition) is 32. The van der Waals surface area contributed by atoms with Crippen molar-refractivity contribution in [1.29, 1.82) is 0 Å². The van der Waals surface area contributed by atoms with Crippen molar-refractivity contribution in [1.82, 2.24) is 14.9 Å². The maximum absolute atomic E-state index is 13.7. The summed E-state index contributed by atoms with van der Waals surface area (Å²) in [5.41, 5.74) is -0.0740. The summed E-state index contributed by atoms with van der Waals surface area (Å²) in [5, 5.41) is 12.5. The monoisotopic (exact) mass is 1860 g/mol. The van der Waals surface area contributed by atoms with Crippen LogP contribution >= 0.6 is 46.9 Å². The number of hydrogen-bond donors (Lipinski definition) is 14. The first-order valence-electron chi connectivity index (χ1n) is 33.8. The van der Waals surface area contributed by atoms with Gasteiger partial charge in [0.05, 0.1) is 59.4 Å². The van der Waals surface area contributed by atoms with Crippen LogP contribution < -0.4 is 21.5 Å². The maximum atomic E-state index is 13.7. The van der Waals surface area contributed by atoms with Gasteiger partial charge in [0.2, 0.25) is 11.6 Å². The smallest absolute Gasteiger partial charge is 0.465 e. The number of aliphatic hydroxyl groups excluding tert-OH is 1. The van der Waals surface area contributed by atoms with Gasteiger partial charge >= 0.3 is 58.6 Å². The van der Waals surface area contributed by atoms with Crippen LogP contribution in [0.3, 0.4) is 0 Å². The molecule has 115 heavy (non-hydrogen) atoms. The highest BCUT2D eigenvalue weighted by Gasteiger charge is 2.51. The van der Waals surface area contributed by atoms with Gasteiger partial charge in [0, 0.05) is 78.5 Å². The number of carbonyl (C=O) groups is 3. The van der Waals surface area contributed by atoms with Crippen molar-refractivity contribution in [3.8, 4) is 0 Å². The maximum Gasteiger partial charge on any atom is 0.490 e. The number of Topliss-reactive ketones (excluding diaryl/α,β-unsaturated/α-hetero) is 1. The summed E-state index contributed by atoms with van der Waals surface area (Å²) in [7, 11) is -62.1. The van der Waals surface area contributed by atoms with Crippen molar-refractivity contribution in [3.63, 3.8) is 0 Å². The lowest BCUT2D eigenvalue weighted by molar-refractivity contribution is -0.437. The fourth-order valence-electron chi connectivity index (χ4n) is 12.4. The van der Waals surface area contributed by atoms with E-state index in [9.17, 15) is 151 Å². The zero-order chi connectivity index (χ0) is 86.7. The van der Waals surface area contributed by atoms with Crippen LogP contribution in [-0.2, 0) is 143 Å². The molecular formula is C57H86N5O42P6S5+. The second-order valence-electron chi connectivity index (χ2n) is 26.9. The lowest BCUT2D eigenvalue weighted by Crippen LogP contribution is -2.46. The van der Waals surface area contributed by atoms with Crippen molar-refractivity contribution < 1.29 is 186 Å². The number of unbranched alkanes of at least 4 members (excludes halogenated alkanes) is 5. The number of amides is 1. The Bertz CT molecular complexity index is 5270. The summed E-state index contributed by atoms with van der Waals surface area (Å²) in [5.74, 6) is -10.2. The third-order valence-corrected chi connectivity index (χ3v) is 30.7. The number of aromatic nitrogens is 2. The molecule has 14 N–H and O–H groups in total. The quantitative estimate of drug-likeness (QED) is 0.0124. The summed E-state index contributed by atoms with van der Waals surface area (Å²) >= 11 is 0. The molecule has 3 aliphatic rings. The van der Waals surface area contributed by atoms with Gasteiger partial charge in [-0.1, -0.05) is 43.5 Å². The zero-order valence-corrected chi connectivity index (χ0v) is 70.4. The van der Waals surface area contributed by atoms with E-state index in [0.29, 0.717) is 22.7 Å². The van der Waals surface area contributed by atoms with Crippen molar-refractivity contribution >= 4 is 132 Å². The number of phosphoric acid groups is 6. The molecule has 650 valence electrons. The van der Waals surface area contributed by atoms with Crippen molar-refractivity contribution in [2.45, 2.75) is 151 Å². The molecular weight excluding hydrogens is 1770 g/mol. The minimum Gasteiger partial charge on any atom is -0.465 e. The van der Waals surface area contributed by atoms with Gasteiger partial charge in [0.1, 0.15) is 30.7 Å². The lowest BCUT2D eigenvalue weighted by Gasteiger charge is -2.30. The predicted octanol–water partition coefficient (Wildman–Crippen LogP) is 4.20. The van der Waals surface area contributed by atoms with Gasteiger partial charge in [-0.25, -0.2) is 32.2 Å². The normalized spacial score (nSPS) is 22.1. The molecule has 6 rings (SSSR count). The van der Waals surface area contributed by atoms with Crippen LogP contribution in [0.4, 0.5) is 11.4 Å². The molecule has 9 unspecified atom stereocenters. The number of nitrogens with zero attached hydrogens (tertiary/aromatic N) is 3. The molecule has 0 aliphatic carbocycles. The molecule has 1 fully saturated rings. The van der Waals surface area contributed by atoms with E-state index in [1.807, 2.05) is 41.6 Å². The zero-order valence-electron chi connectivity index (χ0n) is 61.0. The van der Waals surface area contributed by atoms with Crippen LogP contribution in [0.2, 0.25) is 0 Å². The van der Waals surface area contributed by atoms with Gasteiger partial charge in [0.15, 0.2) is 11.5 Å². The Kier molecular flexibility index (Phi) is 33.7.